The average Bonchev–Trinajstić information content (AvgIpc) is 3.34. The molecule has 0 fully saturated rings. The molecule has 4 aromatic carbocycles. The van der Waals surface area contributed by atoms with E-state index in [1.807, 2.05) is 61.5 Å². The Morgan fingerprint density at radius 2 is 1.62 bits per heavy atom. The highest BCUT2D eigenvalue weighted by atomic mass is 32.2. The molecule has 6 nitrogen and oxygen atoms in total. The molecule has 7 rings (SSSR count). The van der Waals surface area contributed by atoms with Crippen LogP contribution in [0, 0.1) is 0 Å². The summed E-state index contributed by atoms with van der Waals surface area (Å²) in [6.45, 7) is 6.15. The summed E-state index contributed by atoms with van der Waals surface area (Å²) in [4.78, 5) is 38.0. The molecule has 2 aliphatic heterocycles. The largest absolute Gasteiger partial charge is 0.343 e. The molecule has 0 saturated heterocycles. The third-order valence-electron chi connectivity index (χ3n) is 8.31. The van der Waals surface area contributed by atoms with Gasteiger partial charge in [0.1, 0.15) is 0 Å². The molecule has 0 aliphatic carbocycles. The molecule has 45 heavy (non-hydrogen) atoms. The first-order valence-electron chi connectivity index (χ1n) is 14.9. The van der Waals surface area contributed by atoms with E-state index in [2.05, 4.69) is 79.6 Å². The Labute approximate surface area is 270 Å². The maximum Gasteiger partial charge on any atom is 0.271 e. The van der Waals surface area contributed by atoms with E-state index in [0.29, 0.717) is 32.2 Å². The number of fused-ring (bicyclic) bond motifs is 3. The fourth-order valence-corrected chi connectivity index (χ4v) is 8.15. The second-order valence-electron chi connectivity index (χ2n) is 11.6. The monoisotopic (exact) mass is 628 g/mol. The zero-order chi connectivity index (χ0) is 31.2. The second-order valence-corrected chi connectivity index (χ2v) is 13.7. The van der Waals surface area contributed by atoms with E-state index in [1.165, 1.54) is 27.5 Å². The molecule has 5 aromatic rings. The first kappa shape index (κ1) is 29.1. The summed E-state index contributed by atoms with van der Waals surface area (Å²) in [7, 11) is 2.08. The predicted octanol–water partition coefficient (Wildman–Crippen LogP) is 7.23. The van der Waals surface area contributed by atoms with Crippen LogP contribution in [0.2, 0.25) is 0 Å². The van der Waals surface area contributed by atoms with Crippen molar-refractivity contribution in [3.63, 3.8) is 0 Å². The van der Waals surface area contributed by atoms with Crippen LogP contribution >= 0.6 is 23.1 Å². The lowest BCUT2D eigenvalue weighted by atomic mass is 9.93. The van der Waals surface area contributed by atoms with E-state index in [0.717, 1.165) is 21.7 Å². The van der Waals surface area contributed by atoms with Crippen LogP contribution in [-0.4, -0.2) is 17.5 Å². The van der Waals surface area contributed by atoms with Gasteiger partial charge in [-0.1, -0.05) is 97.6 Å². The number of thiazole rings is 1. The van der Waals surface area contributed by atoms with Crippen LogP contribution in [0.15, 0.2) is 128 Å². The maximum atomic E-state index is 14.2. The topological polar surface area (TPSA) is 66.7 Å². The van der Waals surface area contributed by atoms with Crippen molar-refractivity contribution in [3.8, 4) is 0 Å². The molecule has 8 heteroatoms. The molecule has 0 bridgehead atoms. The van der Waals surface area contributed by atoms with Gasteiger partial charge in [-0.05, 0) is 72.0 Å². The molecule has 3 heterocycles. The molecular weight excluding hydrogens is 597 g/mol. The third-order valence-corrected chi connectivity index (χ3v) is 10.4. The van der Waals surface area contributed by atoms with Gasteiger partial charge >= 0.3 is 0 Å². The van der Waals surface area contributed by atoms with Crippen LogP contribution in [0.3, 0.4) is 0 Å². The smallest absolute Gasteiger partial charge is 0.271 e. The Hall–Kier alpha value is -4.66. The van der Waals surface area contributed by atoms with Gasteiger partial charge in [-0.2, -0.15) is 0 Å². The van der Waals surface area contributed by atoms with Gasteiger partial charge in [0.25, 0.3) is 11.5 Å². The minimum atomic E-state index is -0.613. The predicted molar refractivity (Wildman–Crippen MR) is 184 cm³/mol. The van der Waals surface area contributed by atoms with E-state index >= 15 is 0 Å². The number of hydrogen-bond acceptors (Lipinski definition) is 6. The van der Waals surface area contributed by atoms with Crippen molar-refractivity contribution in [2.75, 3.05) is 17.3 Å². The van der Waals surface area contributed by atoms with Crippen molar-refractivity contribution in [1.29, 1.82) is 0 Å². The molecule has 1 aromatic heterocycles. The maximum absolute atomic E-state index is 14.2. The van der Waals surface area contributed by atoms with Crippen molar-refractivity contribution in [1.82, 2.24) is 4.57 Å². The van der Waals surface area contributed by atoms with E-state index in [-0.39, 0.29) is 11.5 Å². The zero-order valence-corrected chi connectivity index (χ0v) is 27.1. The van der Waals surface area contributed by atoms with Crippen LogP contribution in [0.4, 0.5) is 17.1 Å². The number of hydrogen-bond donors (Lipinski definition) is 1. The van der Waals surface area contributed by atoms with E-state index in [4.69, 9.17) is 4.99 Å². The molecule has 1 amide bonds. The van der Waals surface area contributed by atoms with Crippen LogP contribution < -0.4 is 25.1 Å². The lowest BCUT2D eigenvalue weighted by Gasteiger charge is -2.29. The third kappa shape index (κ3) is 5.34. The van der Waals surface area contributed by atoms with Gasteiger partial charge in [-0.25, -0.2) is 4.99 Å². The first-order valence-corrected chi connectivity index (χ1v) is 16.6. The molecule has 0 saturated carbocycles. The summed E-state index contributed by atoms with van der Waals surface area (Å²) >= 11 is 3.09. The molecule has 2 aliphatic rings. The Balaban J connectivity index is 1.32. The Kier molecular flexibility index (Phi) is 7.55. The van der Waals surface area contributed by atoms with Crippen LogP contribution in [0.25, 0.3) is 6.08 Å². The Bertz CT molecular complexity index is 2160. The number of para-hydroxylation sites is 2. The minimum absolute atomic E-state index is 0.165. The SMILES string of the molecule is CC1=C(C(=O)Nc2ccccc2)[C@@H](c2ccc(C(C)C)cc2)n2c(s/c(=C/c3ccc4c(c3)Sc3ccccc3N4C)c2=O)=N1. The van der Waals surface area contributed by atoms with Crippen LogP contribution in [0.1, 0.15) is 49.4 Å². The zero-order valence-electron chi connectivity index (χ0n) is 25.4. The van der Waals surface area contributed by atoms with Gasteiger partial charge in [-0.15, -0.1) is 0 Å². The number of amides is 1. The number of anilines is 3. The number of nitrogens with zero attached hydrogens (tertiary/aromatic N) is 3. The highest BCUT2D eigenvalue weighted by Gasteiger charge is 2.32. The summed E-state index contributed by atoms with van der Waals surface area (Å²) in [6.07, 6.45) is 1.94. The summed E-state index contributed by atoms with van der Waals surface area (Å²) in [5.74, 6) is 0.0907. The Morgan fingerprint density at radius 3 is 2.38 bits per heavy atom. The lowest BCUT2D eigenvalue weighted by Crippen LogP contribution is -2.40. The highest BCUT2D eigenvalue weighted by molar-refractivity contribution is 7.99. The highest BCUT2D eigenvalue weighted by Crippen LogP contribution is 2.47. The number of rotatable bonds is 5. The van der Waals surface area contributed by atoms with Gasteiger partial charge in [0.15, 0.2) is 4.80 Å². The van der Waals surface area contributed by atoms with Crippen LogP contribution in [-0.2, 0) is 4.79 Å². The number of benzene rings is 4. The van der Waals surface area contributed by atoms with E-state index in [9.17, 15) is 9.59 Å². The molecule has 0 spiro atoms. The number of carbonyl (C=O) groups is 1. The molecule has 0 unspecified atom stereocenters. The standard InChI is InChI=1S/C37H32N4O2S2/c1-22(2)25-15-17-26(18-16-25)34-33(35(42)39-27-10-6-5-7-11-27)23(3)38-37-41(34)36(43)32(45-37)21-24-14-19-29-31(20-24)44-30-13-9-8-12-28(30)40(29)4/h5-22,34H,1-4H3,(H,39,42)/b32-21+/t34-/m1/s1. The molecular formula is C37H32N4O2S2. The summed E-state index contributed by atoms with van der Waals surface area (Å²) in [5.41, 5.74) is 6.90. The van der Waals surface area contributed by atoms with Gasteiger partial charge in [0.05, 0.1) is 33.2 Å². The van der Waals surface area contributed by atoms with Crippen molar-refractivity contribution in [2.24, 2.45) is 4.99 Å². The number of allylic oxidation sites excluding steroid dienone is 1. The summed E-state index contributed by atoms with van der Waals surface area (Å²) < 4.78 is 2.26. The van der Waals surface area contributed by atoms with Crippen molar-refractivity contribution in [3.05, 3.63) is 145 Å². The van der Waals surface area contributed by atoms with Gasteiger partial charge in [0, 0.05) is 22.5 Å². The second kappa shape index (κ2) is 11.7. The van der Waals surface area contributed by atoms with Crippen LogP contribution in [0.5, 0.6) is 0 Å². The number of aromatic nitrogens is 1. The first-order chi connectivity index (χ1) is 21.8. The average molecular weight is 629 g/mol. The van der Waals surface area contributed by atoms with Crippen molar-refractivity contribution < 1.29 is 4.79 Å². The normalized spacial score (nSPS) is 15.8. The number of nitrogens with one attached hydrogen (secondary N) is 1. The molecule has 1 N–H and O–H groups in total. The van der Waals surface area contributed by atoms with Gasteiger partial charge in [0.2, 0.25) is 0 Å². The fraction of sp³-hybridized carbons (Fsp3) is 0.162. The molecule has 224 valence electrons. The van der Waals surface area contributed by atoms with E-state index < -0.39 is 6.04 Å². The minimum Gasteiger partial charge on any atom is -0.343 e. The van der Waals surface area contributed by atoms with Gasteiger partial charge in [-0.3, -0.25) is 14.2 Å². The van der Waals surface area contributed by atoms with Gasteiger partial charge < -0.3 is 10.2 Å². The molecule has 1 atom stereocenters. The quantitative estimate of drug-likeness (QED) is 0.223. The lowest BCUT2D eigenvalue weighted by molar-refractivity contribution is -0.113. The number of carbonyl (C=O) groups excluding carboxylic acids is 1. The van der Waals surface area contributed by atoms with Crippen molar-refractivity contribution in [2.45, 2.75) is 42.5 Å². The molecule has 0 radical (unpaired) electrons. The Morgan fingerprint density at radius 1 is 0.911 bits per heavy atom. The summed E-state index contributed by atoms with van der Waals surface area (Å²) in [6, 6.07) is 31.6. The fourth-order valence-electron chi connectivity index (χ4n) is 5.91. The van der Waals surface area contributed by atoms with Crippen molar-refractivity contribution >= 4 is 52.1 Å². The van der Waals surface area contributed by atoms with E-state index in [1.54, 1.807) is 16.3 Å². The summed E-state index contributed by atoms with van der Waals surface area (Å²) in [5, 5.41) is 3.03.